The molecule has 0 radical (unpaired) electrons. The first-order valence-corrected chi connectivity index (χ1v) is 13.9. The lowest BCUT2D eigenvalue weighted by atomic mass is 9.79. The van der Waals surface area contributed by atoms with Crippen molar-refractivity contribution in [3.63, 3.8) is 0 Å². The maximum absolute atomic E-state index is 5.12. The van der Waals surface area contributed by atoms with E-state index < -0.39 is 0 Å². The summed E-state index contributed by atoms with van der Waals surface area (Å²) in [6, 6.07) is 21.2. The van der Waals surface area contributed by atoms with Crippen LogP contribution in [0.5, 0.6) is 0 Å². The molecule has 0 bridgehead atoms. The second-order valence-corrected chi connectivity index (χ2v) is 10.2. The molecule has 3 aliphatic rings. The predicted octanol–water partition coefficient (Wildman–Crippen LogP) is 9.38. The molecule has 1 heterocycles. The van der Waals surface area contributed by atoms with Crippen LogP contribution in [0.2, 0.25) is 0 Å². The van der Waals surface area contributed by atoms with Gasteiger partial charge in [0.05, 0.1) is 11.4 Å². The normalized spacial score (nSPS) is 21.4. The van der Waals surface area contributed by atoms with E-state index in [9.17, 15) is 0 Å². The van der Waals surface area contributed by atoms with E-state index in [0.29, 0.717) is 11.8 Å². The molecule has 2 aromatic carbocycles. The van der Waals surface area contributed by atoms with Gasteiger partial charge in [0.25, 0.3) is 0 Å². The summed E-state index contributed by atoms with van der Waals surface area (Å²) < 4.78 is 0. The van der Waals surface area contributed by atoms with E-state index in [1.54, 1.807) is 0 Å². The molecule has 0 spiro atoms. The van der Waals surface area contributed by atoms with Gasteiger partial charge < -0.3 is 0 Å². The van der Waals surface area contributed by atoms with Crippen molar-refractivity contribution in [2.45, 2.75) is 6.42 Å². The standard InChI is InChI=1S/C38H32N2/c1-2-29(19-11-15-28-13-5-3-6-14-28)36-27-37(33-25-23-31(24-26-33)30-16-7-4-8-17-30)40-38(39-36)35-22-12-20-32-18-9-10-21-34(32)35/h2-13,15-28,32,34H,1,14H2/b15-11+,29-19+. The van der Waals surface area contributed by atoms with Gasteiger partial charge in [-0.3, -0.25) is 0 Å². The smallest absolute Gasteiger partial charge is 0.157 e. The van der Waals surface area contributed by atoms with Crippen molar-refractivity contribution >= 4 is 11.1 Å². The number of allylic oxidation sites excluding steroid dienone is 17. The van der Waals surface area contributed by atoms with Crippen molar-refractivity contribution in [2.75, 3.05) is 0 Å². The molecule has 0 N–H and O–H groups in total. The van der Waals surface area contributed by atoms with Crippen LogP contribution in [0.1, 0.15) is 17.9 Å². The van der Waals surface area contributed by atoms with Gasteiger partial charge in [0.15, 0.2) is 5.82 Å². The summed E-state index contributed by atoms with van der Waals surface area (Å²) in [6.45, 7) is 4.12. The number of benzene rings is 2. The third kappa shape index (κ3) is 5.62. The summed E-state index contributed by atoms with van der Waals surface area (Å²) in [5.41, 5.74) is 7.32. The molecule has 0 aliphatic heterocycles. The van der Waals surface area contributed by atoms with Gasteiger partial charge in [-0.25, -0.2) is 9.97 Å². The lowest BCUT2D eigenvalue weighted by molar-refractivity contribution is 0.672. The fourth-order valence-corrected chi connectivity index (χ4v) is 5.38. The van der Waals surface area contributed by atoms with E-state index >= 15 is 0 Å². The summed E-state index contributed by atoms with van der Waals surface area (Å²) >= 11 is 0. The Morgan fingerprint density at radius 3 is 2.33 bits per heavy atom. The van der Waals surface area contributed by atoms with Gasteiger partial charge in [-0.2, -0.15) is 0 Å². The van der Waals surface area contributed by atoms with Gasteiger partial charge in [0, 0.05) is 23.0 Å². The summed E-state index contributed by atoms with van der Waals surface area (Å²) in [4.78, 5) is 10.2. The maximum atomic E-state index is 5.12. The largest absolute Gasteiger partial charge is 0.228 e. The van der Waals surface area contributed by atoms with Crippen LogP contribution in [-0.4, -0.2) is 9.97 Å². The van der Waals surface area contributed by atoms with Crippen molar-refractivity contribution in [2.24, 2.45) is 17.8 Å². The van der Waals surface area contributed by atoms with Crippen molar-refractivity contribution in [1.29, 1.82) is 0 Å². The lowest BCUT2D eigenvalue weighted by Gasteiger charge is -2.26. The average molecular weight is 517 g/mol. The molecule has 0 amide bonds. The highest BCUT2D eigenvalue weighted by Crippen LogP contribution is 2.37. The molecule has 3 atom stereocenters. The molecule has 40 heavy (non-hydrogen) atoms. The molecule has 194 valence electrons. The molecule has 0 saturated heterocycles. The molecule has 6 rings (SSSR count). The highest BCUT2D eigenvalue weighted by molar-refractivity contribution is 5.78. The minimum Gasteiger partial charge on any atom is -0.228 e. The van der Waals surface area contributed by atoms with E-state index in [-0.39, 0.29) is 5.92 Å². The number of nitrogens with zero attached hydrogens (tertiary/aromatic N) is 2. The Kier molecular flexibility index (Phi) is 7.59. The van der Waals surface area contributed by atoms with Gasteiger partial charge in [-0.1, -0.05) is 152 Å². The Morgan fingerprint density at radius 2 is 1.52 bits per heavy atom. The van der Waals surface area contributed by atoms with Crippen LogP contribution in [0, 0.1) is 17.8 Å². The van der Waals surface area contributed by atoms with Crippen LogP contribution in [0.3, 0.4) is 0 Å². The van der Waals surface area contributed by atoms with Crippen LogP contribution in [0.4, 0.5) is 0 Å². The van der Waals surface area contributed by atoms with Crippen molar-refractivity contribution in [3.8, 4) is 22.4 Å². The number of aromatic nitrogens is 2. The third-order valence-corrected chi connectivity index (χ3v) is 7.58. The zero-order chi connectivity index (χ0) is 27.1. The van der Waals surface area contributed by atoms with E-state index in [1.807, 2.05) is 12.1 Å². The van der Waals surface area contributed by atoms with E-state index in [2.05, 4.69) is 146 Å². The molecule has 3 aromatic rings. The Hall–Kier alpha value is -4.82. The number of fused-ring (bicyclic) bond motifs is 1. The van der Waals surface area contributed by atoms with Crippen molar-refractivity contribution in [3.05, 3.63) is 170 Å². The van der Waals surface area contributed by atoms with Crippen molar-refractivity contribution in [1.82, 2.24) is 9.97 Å². The number of hydrogen-bond donors (Lipinski definition) is 0. The zero-order valence-electron chi connectivity index (χ0n) is 22.5. The van der Waals surface area contributed by atoms with Gasteiger partial charge in [0.1, 0.15) is 0 Å². The van der Waals surface area contributed by atoms with Crippen LogP contribution in [0.25, 0.3) is 33.5 Å². The monoisotopic (exact) mass is 516 g/mol. The molecule has 1 aromatic heterocycles. The van der Waals surface area contributed by atoms with Crippen molar-refractivity contribution < 1.29 is 0 Å². The minimum atomic E-state index is 0.223. The third-order valence-electron chi connectivity index (χ3n) is 7.58. The fraction of sp³-hybridized carbons (Fsp3) is 0.105. The molecule has 3 unspecified atom stereocenters. The SMILES string of the molecule is C=C/C(=C\C=C\C1C=CC=CC1)c1cc(-c2ccc(-c3ccccc3)cc2)nc(C2=CC=CC3C=CC=CC23)n1. The Morgan fingerprint density at radius 1 is 0.775 bits per heavy atom. The Labute approximate surface area is 237 Å². The van der Waals surface area contributed by atoms with E-state index in [4.69, 9.17) is 9.97 Å². The van der Waals surface area contributed by atoms with Crippen LogP contribution in [-0.2, 0) is 0 Å². The molecule has 0 saturated carbocycles. The minimum absolute atomic E-state index is 0.223. The molecule has 3 aliphatic carbocycles. The number of hydrogen-bond acceptors (Lipinski definition) is 2. The highest BCUT2D eigenvalue weighted by atomic mass is 14.9. The Balaban J connectivity index is 1.40. The summed E-state index contributed by atoms with van der Waals surface area (Å²) in [5.74, 6) is 1.71. The molecular weight excluding hydrogens is 484 g/mol. The topological polar surface area (TPSA) is 25.8 Å². The second-order valence-electron chi connectivity index (χ2n) is 10.2. The van der Waals surface area contributed by atoms with Gasteiger partial charge in [0.2, 0.25) is 0 Å². The lowest BCUT2D eigenvalue weighted by Crippen LogP contribution is -2.17. The first-order valence-electron chi connectivity index (χ1n) is 13.9. The van der Waals surface area contributed by atoms with E-state index in [0.717, 1.165) is 40.3 Å². The highest BCUT2D eigenvalue weighted by Gasteiger charge is 2.26. The fourth-order valence-electron chi connectivity index (χ4n) is 5.38. The van der Waals surface area contributed by atoms with E-state index in [1.165, 1.54) is 11.1 Å². The first-order chi connectivity index (χ1) is 19.8. The van der Waals surface area contributed by atoms with Crippen LogP contribution >= 0.6 is 0 Å². The van der Waals surface area contributed by atoms with Gasteiger partial charge in [-0.15, -0.1) is 0 Å². The molecule has 2 heteroatoms. The predicted molar refractivity (Wildman–Crippen MR) is 169 cm³/mol. The molecular formula is C38H32N2. The summed E-state index contributed by atoms with van der Waals surface area (Å²) in [6.07, 6.45) is 33.3. The van der Waals surface area contributed by atoms with Gasteiger partial charge >= 0.3 is 0 Å². The summed E-state index contributed by atoms with van der Waals surface area (Å²) in [5, 5.41) is 0. The van der Waals surface area contributed by atoms with Crippen LogP contribution in [0.15, 0.2) is 158 Å². The zero-order valence-corrected chi connectivity index (χ0v) is 22.5. The van der Waals surface area contributed by atoms with Gasteiger partial charge in [-0.05, 0) is 35.1 Å². The number of rotatable bonds is 7. The molecule has 2 nitrogen and oxygen atoms in total. The second kappa shape index (κ2) is 11.9. The van der Waals surface area contributed by atoms with Crippen LogP contribution < -0.4 is 0 Å². The first kappa shape index (κ1) is 25.5. The Bertz CT molecular complexity index is 1620. The summed E-state index contributed by atoms with van der Waals surface area (Å²) in [7, 11) is 0. The average Bonchev–Trinajstić information content (AvgIpc) is 3.03. The molecule has 0 fully saturated rings. The quantitative estimate of drug-likeness (QED) is 0.292. The maximum Gasteiger partial charge on any atom is 0.157 e.